The van der Waals surface area contributed by atoms with E-state index in [2.05, 4.69) is 9.97 Å². The van der Waals surface area contributed by atoms with Crippen LogP contribution in [0.4, 0.5) is 0 Å². The molecule has 0 bridgehead atoms. The maximum atomic E-state index is 13.3. The first-order valence-electron chi connectivity index (χ1n) is 10.5. The second kappa shape index (κ2) is 6.64. The lowest BCUT2D eigenvalue weighted by atomic mass is 10.1. The standard InChI is InChI=1S/C24H20N4O4S/c1-27-20-14-26-19-8-3-15(22-25-11-12-32-22)13-18(19)21(20)28(23(27)29)17-6-4-16(5-7-17)24(9-10-24)33(2,30)31/h3-8,11-14H,9-10H2,1-2H3. The van der Waals surface area contributed by atoms with Crippen LogP contribution < -0.4 is 5.69 Å². The third kappa shape index (κ3) is 2.82. The van der Waals surface area contributed by atoms with Gasteiger partial charge >= 0.3 is 5.69 Å². The van der Waals surface area contributed by atoms with Crippen molar-refractivity contribution >= 4 is 31.8 Å². The molecule has 0 radical (unpaired) electrons. The van der Waals surface area contributed by atoms with Crippen LogP contribution in [-0.2, 0) is 21.6 Å². The van der Waals surface area contributed by atoms with Crippen LogP contribution >= 0.6 is 0 Å². The van der Waals surface area contributed by atoms with Gasteiger partial charge in [-0.15, -0.1) is 0 Å². The van der Waals surface area contributed by atoms with Crippen molar-refractivity contribution in [2.24, 2.45) is 7.05 Å². The van der Waals surface area contributed by atoms with Gasteiger partial charge in [-0.2, -0.15) is 0 Å². The second-order valence-corrected chi connectivity index (χ2v) is 10.9. The van der Waals surface area contributed by atoms with Crippen molar-refractivity contribution in [1.82, 2.24) is 19.1 Å². The number of fused-ring (bicyclic) bond motifs is 3. The third-order valence-corrected chi connectivity index (χ3v) is 8.69. The molecule has 3 heterocycles. The largest absolute Gasteiger partial charge is 0.445 e. The Labute approximate surface area is 189 Å². The topological polar surface area (TPSA) is 100.0 Å². The quantitative estimate of drug-likeness (QED) is 0.407. The summed E-state index contributed by atoms with van der Waals surface area (Å²) < 4.78 is 32.5. The van der Waals surface area contributed by atoms with Crippen molar-refractivity contribution in [3.63, 3.8) is 0 Å². The number of benzene rings is 2. The van der Waals surface area contributed by atoms with Crippen LogP contribution in [0.15, 0.2) is 70.3 Å². The van der Waals surface area contributed by atoms with E-state index in [-0.39, 0.29) is 5.69 Å². The summed E-state index contributed by atoms with van der Waals surface area (Å²) in [5.41, 5.74) is 4.14. The number of nitrogens with zero attached hydrogens (tertiary/aromatic N) is 4. The molecule has 0 aliphatic heterocycles. The van der Waals surface area contributed by atoms with Gasteiger partial charge in [-0.1, -0.05) is 12.1 Å². The molecule has 8 nitrogen and oxygen atoms in total. The molecule has 0 amide bonds. The number of oxazole rings is 1. The van der Waals surface area contributed by atoms with Crippen LogP contribution in [0.5, 0.6) is 0 Å². The molecule has 9 heteroatoms. The van der Waals surface area contributed by atoms with Crippen LogP contribution in [0, 0.1) is 0 Å². The number of aryl methyl sites for hydroxylation is 1. The van der Waals surface area contributed by atoms with E-state index < -0.39 is 14.6 Å². The van der Waals surface area contributed by atoms with E-state index in [1.807, 2.05) is 42.5 Å². The van der Waals surface area contributed by atoms with E-state index in [1.54, 1.807) is 28.6 Å². The van der Waals surface area contributed by atoms with E-state index in [1.165, 1.54) is 12.5 Å². The van der Waals surface area contributed by atoms with Crippen LogP contribution in [0.3, 0.4) is 0 Å². The van der Waals surface area contributed by atoms with E-state index >= 15 is 0 Å². The van der Waals surface area contributed by atoms with Gasteiger partial charge < -0.3 is 4.42 Å². The van der Waals surface area contributed by atoms with Gasteiger partial charge in [0.1, 0.15) is 6.26 Å². The molecule has 0 spiro atoms. The predicted molar refractivity (Wildman–Crippen MR) is 125 cm³/mol. The first-order chi connectivity index (χ1) is 15.8. The monoisotopic (exact) mass is 460 g/mol. The minimum atomic E-state index is -3.21. The highest BCUT2D eigenvalue weighted by molar-refractivity contribution is 7.92. The highest BCUT2D eigenvalue weighted by Gasteiger charge is 2.53. The van der Waals surface area contributed by atoms with Gasteiger partial charge in [0.05, 0.1) is 39.4 Å². The van der Waals surface area contributed by atoms with E-state index in [9.17, 15) is 13.2 Å². The number of sulfone groups is 1. The van der Waals surface area contributed by atoms with E-state index in [0.29, 0.717) is 29.9 Å². The Kier molecular flexibility index (Phi) is 4.01. The lowest BCUT2D eigenvalue weighted by molar-refractivity contribution is 0.574. The maximum absolute atomic E-state index is 13.3. The van der Waals surface area contributed by atoms with Crippen molar-refractivity contribution in [3.05, 3.63) is 77.2 Å². The van der Waals surface area contributed by atoms with Gasteiger partial charge in [-0.3, -0.25) is 14.1 Å². The van der Waals surface area contributed by atoms with Gasteiger partial charge in [0, 0.05) is 24.3 Å². The zero-order valence-corrected chi connectivity index (χ0v) is 18.8. The molecular formula is C24H20N4O4S. The lowest BCUT2D eigenvalue weighted by Crippen LogP contribution is -2.21. The molecule has 0 unspecified atom stereocenters. The van der Waals surface area contributed by atoms with Gasteiger partial charge in [-0.05, 0) is 48.7 Å². The number of rotatable bonds is 4. The SMILES string of the molecule is Cn1c(=O)n(-c2ccc(C3(S(C)(=O)=O)CC3)cc2)c2c3cc(-c4ncco4)ccc3ncc21. The fourth-order valence-electron chi connectivity index (χ4n) is 4.64. The summed E-state index contributed by atoms with van der Waals surface area (Å²) in [6.45, 7) is 0. The fraction of sp³-hybridized carbons (Fsp3) is 0.208. The molecule has 166 valence electrons. The summed E-state index contributed by atoms with van der Waals surface area (Å²) in [5.74, 6) is 0.485. The van der Waals surface area contributed by atoms with Crippen LogP contribution in [0.1, 0.15) is 18.4 Å². The Hall–Kier alpha value is -3.72. The number of imidazole rings is 1. The fourth-order valence-corrected chi connectivity index (χ4v) is 6.05. The summed E-state index contributed by atoms with van der Waals surface area (Å²) in [7, 11) is -1.50. The van der Waals surface area contributed by atoms with E-state index in [0.717, 1.165) is 27.5 Å². The average Bonchev–Trinajstić information content (AvgIpc) is 3.38. The Morgan fingerprint density at radius 2 is 1.82 bits per heavy atom. The Morgan fingerprint density at radius 1 is 1.06 bits per heavy atom. The molecule has 6 rings (SSSR count). The van der Waals surface area contributed by atoms with Crippen LogP contribution in [0.25, 0.3) is 39.1 Å². The Balaban J connectivity index is 1.59. The average molecular weight is 461 g/mol. The highest BCUT2D eigenvalue weighted by atomic mass is 32.2. The number of aromatic nitrogens is 4. The molecular weight excluding hydrogens is 440 g/mol. The minimum Gasteiger partial charge on any atom is -0.445 e. The summed E-state index contributed by atoms with van der Waals surface area (Å²) in [6, 6.07) is 12.9. The highest BCUT2D eigenvalue weighted by Crippen LogP contribution is 2.52. The van der Waals surface area contributed by atoms with Crippen molar-refractivity contribution in [2.75, 3.05) is 6.26 Å². The zero-order valence-electron chi connectivity index (χ0n) is 18.0. The van der Waals surface area contributed by atoms with Gasteiger partial charge in [0.2, 0.25) is 5.89 Å². The third-order valence-electron chi connectivity index (χ3n) is 6.63. The van der Waals surface area contributed by atoms with Crippen molar-refractivity contribution in [3.8, 4) is 17.1 Å². The lowest BCUT2D eigenvalue weighted by Gasteiger charge is -2.14. The van der Waals surface area contributed by atoms with E-state index in [4.69, 9.17) is 4.42 Å². The summed E-state index contributed by atoms with van der Waals surface area (Å²) in [5, 5.41) is 0.791. The Morgan fingerprint density at radius 3 is 2.45 bits per heavy atom. The minimum absolute atomic E-state index is 0.210. The van der Waals surface area contributed by atoms with Crippen LogP contribution in [-0.4, -0.2) is 33.8 Å². The Bertz CT molecular complexity index is 1710. The molecule has 2 aromatic carbocycles. The molecule has 0 saturated heterocycles. The first-order valence-corrected chi connectivity index (χ1v) is 12.4. The molecule has 1 fully saturated rings. The summed E-state index contributed by atoms with van der Waals surface area (Å²) in [4.78, 5) is 22.0. The number of hydrogen-bond acceptors (Lipinski definition) is 6. The summed E-state index contributed by atoms with van der Waals surface area (Å²) in [6.07, 6.45) is 7.33. The first kappa shape index (κ1) is 19.9. The molecule has 0 N–H and O–H groups in total. The molecule has 5 aromatic rings. The predicted octanol–water partition coefficient (Wildman–Crippen LogP) is 3.57. The van der Waals surface area contributed by atoms with Crippen LogP contribution in [0.2, 0.25) is 0 Å². The van der Waals surface area contributed by atoms with Gasteiger partial charge in [-0.25, -0.2) is 18.2 Å². The van der Waals surface area contributed by atoms with Crippen molar-refractivity contribution in [2.45, 2.75) is 17.6 Å². The van der Waals surface area contributed by atoms with Gasteiger partial charge in [0.25, 0.3) is 0 Å². The molecule has 1 aliphatic rings. The second-order valence-electron chi connectivity index (χ2n) is 8.55. The molecule has 1 saturated carbocycles. The van der Waals surface area contributed by atoms with Gasteiger partial charge in [0.15, 0.2) is 9.84 Å². The normalized spacial score (nSPS) is 15.3. The van der Waals surface area contributed by atoms with Crippen molar-refractivity contribution in [1.29, 1.82) is 0 Å². The maximum Gasteiger partial charge on any atom is 0.333 e. The zero-order chi connectivity index (χ0) is 23.0. The number of pyridine rings is 1. The number of hydrogen-bond donors (Lipinski definition) is 0. The molecule has 33 heavy (non-hydrogen) atoms. The molecule has 1 aliphatic carbocycles. The molecule has 0 atom stereocenters. The molecule has 3 aromatic heterocycles. The van der Waals surface area contributed by atoms with Crippen molar-refractivity contribution < 1.29 is 12.8 Å². The summed E-state index contributed by atoms with van der Waals surface area (Å²) >= 11 is 0. The smallest absolute Gasteiger partial charge is 0.333 e.